The van der Waals surface area contributed by atoms with E-state index in [2.05, 4.69) is 16.5 Å². The molecule has 1 aromatic heterocycles. The van der Waals surface area contributed by atoms with Crippen molar-refractivity contribution in [2.75, 3.05) is 28.3 Å². The molecule has 0 radical (unpaired) electrons. The number of fused-ring (bicyclic) bond motifs is 1. The molecule has 380 valence electrons. The fourth-order valence-electron chi connectivity index (χ4n) is 10.7. The van der Waals surface area contributed by atoms with Crippen LogP contribution in [0.15, 0.2) is 35.4 Å². The van der Waals surface area contributed by atoms with E-state index >= 15 is 0 Å². The van der Waals surface area contributed by atoms with Gasteiger partial charge in [0.15, 0.2) is 12.6 Å². The van der Waals surface area contributed by atoms with E-state index in [1.807, 2.05) is 71.0 Å². The van der Waals surface area contributed by atoms with Crippen molar-refractivity contribution < 1.29 is 63.2 Å². The van der Waals surface area contributed by atoms with E-state index in [1.54, 1.807) is 41.7 Å². The number of hydrogen-bond acceptors (Lipinski definition) is 15. The first-order valence-corrected chi connectivity index (χ1v) is 24.2. The Morgan fingerprint density at radius 3 is 2.24 bits per heavy atom. The van der Waals surface area contributed by atoms with E-state index in [4.69, 9.17) is 38.3 Å². The molecular formula is C50H82N4O13. The van der Waals surface area contributed by atoms with Crippen molar-refractivity contribution >= 4 is 28.5 Å². The molecule has 0 bridgehead atoms. The van der Waals surface area contributed by atoms with Gasteiger partial charge in [-0.3, -0.25) is 9.59 Å². The molecule has 1 aromatic carbocycles. The topological polar surface area (TPSA) is 223 Å². The number of para-hydroxylation sites is 1. The van der Waals surface area contributed by atoms with Crippen molar-refractivity contribution in [3.63, 3.8) is 0 Å². The molecule has 18 atom stereocenters. The molecule has 5 unspecified atom stereocenters. The lowest BCUT2D eigenvalue weighted by Gasteiger charge is -2.50. The molecule has 3 fully saturated rings. The minimum Gasteiger partial charge on any atom is -0.459 e. The predicted molar refractivity (Wildman–Crippen MR) is 253 cm³/mol. The second kappa shape index (κ2) is 22.8. The summed E-state index contributed by atoms with van der Waals surface area (Å²) in [6.45, 7) is 17.6. The number of nitrogens with zero attached hydrogens (tertiary/aromatic N) is 2. The number of benzene rings is 1. The quantitative estimate of drug-likeness (QED) is 0.117. The van der Waals surface area contributed by atoms with Gasteiger partial charge in [0.25, 0.3) is 0 Å². The number of aliphatic hydroxyl groups is 4. The van der Waals surface area contributed by atoms with Crippen LogP contribution in [-0.2, 0) is 49.2 Å². The van der Waals surface area contributed by atoms with E-state index in [9.17, 15) is 30.0 Å². The Kier molecular flexibility index (Phi) is 18.7. The molecule has 5 rings (SSSR count). The highest BCUT2D eigenvalue weighted by Crippen LogP contribution is 2.42. The predicted octanol–water partition coefficient (Wildman–Crippen LogP) is 4.85. The molecule has 0 spiro atoms. The SMILES string of the molecule is CC[C@H]1OC(=O)[C@H](C)[C@@H](OC2C[C@@](C)(OC)[C@@H](O)[C@H](C)O2)[C@H](C)[C@@H](OC2OC(C)CC(N(C)C)C2O)[C@](C)(OC)C[C@@H](C)/C(=N\NC(=O)CCCc2cc3ccccc3[nH]2)[C@H](C)[C@@H](O)[C@]1(C)O. The van der Waals surface area contributed by atoms with Gasteiger partial charge in [-0.15, -0.1) is 0 Å². The van der Waals surface area contributed by atoms with Crippen LogP contribution in [0.2, 0.25) is 0 Å². The summed E-state index contributed by atoms with van der Waals surface area (Å²) in [4.78, 5) is 33.4. The number of methoxy groups -OCH3 is 2. The number of amides is 1. The Labute approximate surface area is 397 Å². The fourth-order valence-corrected chi connectivity index (χ4v) is 10.7. The first-order chi connectivity index (χ1) is 31.4. The zero-order chi connectivity index (χ0) is 49.8. The molecule has 3 aliphatic heterocycles. The molecule has 17 heteroatoms. The Morgan fingerprint density at radius 1 is 0.940 bits per heavy atom. The van der Waals surface area contributed by atoms with Crippen molar-refractivity contribution in [3.8, 4) is 0 Å². The third-order valence-corrected chi connectivity index (χ3v) is 15.1. The number of H-pyrrole nitrogens is 1. The Balaban J connectivity index is 1.57. The van der Waals surface area contributed by atoms with Crippen LogP contribution in [0.4, 0.5) is 0 Å². The lowest BCUT2D eigenvalue weighted by atomic mass is 9.73. The Morgan fingerprint density at radius 2 is 1.61 bits per heavy atom. The van der Waals surface area contributed by atoms with Crippen LogP contribution in [-0.4, -0.2) is 160 Å². The highest BCUT2D eigenvalue weighted by Gasteiger charge is 2.54. The van der Waals surface area contributed by atoms with E-state index in [1.165, 1.54) is 14.0 Å². The van der Waals surface area contributed by atoms with E-state index < -0.39 is 102 Å². The summed E-state index contributed by atoms with van der Waals surface area (Å²) in [5, 5.41) is 53.1. The van der Waals surface area contributed by atoms with E-state index in [0.717, 1.165) is 16.6 Å². The van der Waals surface area contributed by atoms with Crippen molar-refractivity contribution in [3.05, 3.63) is 36.0 Å². The molecule has 0 saturated carbocycles. The highest BCUT2D eigenvalue weighted by atomic mass is 16.7. The van der Waals surface area contributed by atoms with Gasteiger partial charge in [0.2, 0.25) is 5.91 Å². The number of aryl methyl sites for hydroxylation is 1. The summed E-state index contributed by atoms with van der Waals surface area (Å²) in [5.74, 6) is -4.24. The van der Waals surface area contributed by atoms with Gasteiger partial charge < -0.3 is 63.5 Å². The number of rotatable bonds is 13. The molecule has 1 amide bonds. The van der Waals surface area contributed by atoms with Crippen molar-refractivity contribution in [1.82, 2.24) is 15.3 Å². The summed E-state index contributed by atoms with van der Waals surface area (Å²) in [6.07, 6.45) is -7.51. The summed E-state index contributed by atoms with van der Waals surface area (Å²) in [7, 11) is 6.84. The highest BCUT2D eigenvalue weighted by molar-refractivity contribution is 5.90. The third-order valence-electron chi connectivity index (χ3n) is 15.1. The maximum Gasteiger partial charge on any atom is 0.311 e. The zero-order valence-corrected chi connectivity index (χ0v) is 42.4. The first kappa shape index (κ1) is 54.9. The number of aromatic amines is 1. The number of cyclic esters (lactones) is 1. The minimum atomic E-state index is -1.98. The third kappa shape index (κ3) is 12.5. The Bertz CT molecular complexity index is 1930. The molecule has 67 heavy (non-hydrogen) atoms. The Hall–Kier alpha value is -3.07. The lowest BCUT2D eigenvalue weighted by molar-refractivity contribution is -0.319. The summed E-state index contributed by atoms with van der Waals surface area (Å²) in [5.41, 5.74) is 0.844. The van der Waals surface area contributed by atoms with Gasteiger partial charge >= 0.3 is 5.97 Å². The maximum atomic E-state index is 14.6. The minimum absolute atomic E-state index is 0.113. The van der Waals surface area contributed by atoms with Gasteiger partial charge in [-0.1, -0.05) is 45.9 Å². The number of esters is 1. The monoisotopic (exact) mass is 947 g/mol. The van der Waals surface area contributed by atoms with Gasteiger partial charge in [0.1, 0.15) is 23.9 Å². The number of aliphatic hydroxyl groups excluding tert-OH is 3. The van der Waals surface area contributed by atoms with Crippen LogP contribution in [0, 0.1) is 23.7 Å². The number of hydrazone groups is 1. The van der Waals surface area contributed by atoms with Crippen LogP contribution >= 0.6 is 0 Å². The summed E-state index contributed by atoms with van der Waals surface area (Å²) in [6, 6.07) is 9.77. The van der Waals surface area contributed by atoms with Crippen LogP contribution in [0.1, 0.15) is 113 Å². The van der Waals surface area contributed by atoms with Gasteiger partial charge in [-0.2, -0.15) is 5.10 Å². The van der Waals surface area contributed by atoms with Gasteiger partial charge in [-0.25, -0.2) is 5.43 Å². The average Bonchev–Trinajstić information content (AvgIpc) is 3.70. The van der Waals surface area contributed by atoms with Crippen LogP contribution in [0.25, 0.3) is 10.9 Å². The molecule has 6 N–H and O–H groups in total. The average molecular weight is 947 g/mol. The molecule has 3 saturated heterocycles. The first-order valence-electron chi connectivity index (χ1n) is 24.2. The van der Waals surface area contributed by atoms with Crippen LogP contribution in [0.3, 0.4) is 0 Å². The summed E-state index contributed by atoms with van der Waals surface area (Å²) >= 11 is 0. The van der Waals surface area contributed by atoms with Crippen LogP contribution < -0.4 is 5.43 Å². The van der Waals surface area contributed by atoms with Crippen molar-refractivity contribution in [2.45, 2.75) is 198 Å². The van der Waals surface area contributed by atoms with E-state index in [-0.39, 0.29) is 43.7 Å². The zero-order valence-electron chi connectivity index (χ0n) is 42.4. The lowest BCUT2D eigenvalue weighted by Crippen LogP contribution is -2.61. The number of nitrogens with one attached hydrogen (secondary N) is 2. The molecular weight excluding hydrogens is 865 g/mol. The van der Waals surface area contributed by atoms with Crippen molar-refractivity contribution in [2.24, 2.45) is 28.8 Å². The normalized spacial score (nSPS) is 41.3. The molecule has 4 heterocycles. The number of aromatic nitrogens is 1. The number of hydrogen-bond donors (Lipinski definition) is 6. The number of likely N-dealkylation sites (N-methyl/N-ethyl adjacent to an activating group) is 1. The largest absolute Gasteiger partial charge is 0.459 e. The molecule has 3 aliphatic rings. The molecule has 17 nitrogen and oxygen atoms in total. The van der Waals surface area contributed by atoms with Gasteiger partial charge in [0, 0.05) is 61.9 Å². The molecule has 2 aromatic rings. The van der Waals surface area contributed by atoms with Crippen molar-refractivity contribution in [1.29, 1.82) is 0 Å². The fraction of sp³-hybridized carbons (Fsp3) is 0.780. The smallest absolute Gasteiger partial charge is 0.311 e. The molecule has 0 aliphatic carbocycles. The standard InChI is InChI=1S/C50H82N4O13/c1-15-37-50(10,60)43(57)29(4)40(53-52-38(55)22-18-20-34-24-33-19-16-17-21-35(33)51-34)27(2)25-49(9,62-14)45(67-47-41(56)36(54(11)12)23-28(3)63-47)30(5)42(31(6)46(59)65-37)66-39-26-48(8,61-13)44(58)32(7)64-39/h16-17,19,21,24,27-32,36-37,39,41-45,47,51,56-58,60H,15,18,20,22-23,25-26H2,1-14H3,(H,52,55)/b53-40+/t27-,28?,29+,30+,31-,32+,36?,37-,39?,41?,42+,43-,44+,45-,47?,48-,49-,50-/m1/s1. The van der Waals surface area contributed by atoms with Crippen LogP contribution in [0.5, 0.6) is 0 Å². The van der Waals surface area contributed by atoms with Gasteiger partial charge in [0.05, 0.1) is 47.6 Å². The number of carbonyl (C=O) groups is 2. The van der Waals surface area contributed by atoms with Gasteiger partial charge in [-0.05, 0) is 111 Å². The maximum absolute atomic E-state index is 14.6. The second-order valence-electron chi connectivity index (χ2n) is 20.5. The number of carbonyl (C=O) groups excluding carboxylic acids is 2. The summed E-state index contributed by atoms with van der Waals surface area (Å²) < 4.78 is 45.0. The number of ether oxygens (including phenoxy) is 7. The van der Waals surface area contributed by atoms with E-state index in [0.29, 0.717) is 25.0 Å². The second-order valence-corrected chi connectivity index (χ2v) is 20.5.